The van der Waals surface area contributed by atoms with Crippen LogP contribution in [0.1, 0.15) is 24.5 Å². The molecule has 1 aromatic rings. The molecular weight excluding hydrogens is 256 g/mol. The van der Waals surface area contributed by atoms with Crippen LogP contribution in [0.15, 0.2) is 23.3 Å². The summed E-state index contributed by atoms with van der Waals surface area (Å²) in [6.07, 6.45) is 2.00. The fourth-order valence-electron chi connectivity index (χ4n) is 2.52. The summed E-state index contributed by atoms with van der Waals surface area (Å²) in [5, 5.41) is 14.1. The third-order valence-electron chi connectivity index (χ3n) is 3.78. The van der Waals surface area contributed by atoms with Crippen molar-refractivity contribution in [2.24, 2.45) is 5.10 Å². The molecule has 20 heavy (non-hydrogen) atoms. The zero-order chi connectivity index (χ0) is 14.5. The number of amides is 3. The Kier molecular flexibility index (Phi) is 2.41. The number of benzene rings is 1. The molecule has 0 radical (unpaired) electrons. The summed E-state index contributed by atoms with van der Waals surface area (Å²) in [6.45, 7) is 3.48. The summed E-state index contributed by atoms with van der Waals surface area (Å²) in [5.74, 6) is -0.288. The van der Waals surface area contributed by atoms with Gasteiger partial charge in [0.05, 0.1) is 17.3 Å². The van der Waals surface area contributed by atoms with Gasteiger partial charge in [-0.3, -0.25) is 4.79 Å². The molecule has 100 valence electrons. The first-order valence-corrected chi connectivity index (χ1v) is 6.21. The van der Waals surface area contributed by atoms with E-state index in [0.717, 1.165) is 10.5 Å². The van der Waals surface area contributed by atoms with Gasteiger partial charge in [0.2, 0.25) is 0 Å². The second-order valence-corrected chi connectivity index (χ2v) is 5.12. The van der Waals surface area contributed by atoms with Crippen molar-refractivity contribution in [2.45, 2.75) is 25.8 Å². The zero-order valence-corrected chi connectivity index (χ0v) is 11.1. The summed E-state index contributed by atoms with van der Waals surface area (Å²) in [6, 6.07) is 6.50. The predicted octanol–water partition coefficient (Wildman–Crippen LogP) is 1.78. The van der Waals surface area contributed by atoms with Crippen molar-refractivity contribution in [3.63, 3.8) is 0 Å². The van der Waals surface area contributed by atoms with Crippen LogP contribution < -0.4 is 4.90 Å². The second kappa shape index (κ2) is 3.90. The number of hydrogen-bond donors (Lipinski definition) is 0. The van der Waals surface area contributed by atoms with Crippen molar-refractivity contribution in [3.05, 3.63) is 29.3 Å². The van der Waals surface area contributed by atoms with Crippen LogP contribution in [0, 0.1) is 18.3 Å². The molecule has 2 aliphatic rings. The molecule has 1 saturated heterocycles. The van der Waals surface area contributed by atoms with Crippen molar-refractivity contribution in [1.29, 1.82) is 5.26 Å². The maximum absolute atomic E-state index is 12.5. The molecule has 6 heteroatoms. The van der Waals surface area contributed by atoms with E-state index in [-0.39, 0.29) is 5.91 Å². The molecule has 1 unspecified atom stereocenters. The van der Waals surface area contributed by atoms with Gasteiger partial charge in [-0.1, -0.05) is 0 Å². The smallest absolute Gasteiger partial charge is 0.271 e. The van der Waals surface area contributed by atoms with E-state index in [1.54, 1.807) is 38.3 Å². The lowest BCUT2D eigenvalue weighted by Crippen LogP contribution is -2.41. The van der Waals surface area contributed by atoms with Gasteiger partial charge in [0.15, 0.2) is 0 Å². The molecule has 3 amide bonds. The molecule has 0 N–H and O–H groups in total. The lowest BCUT2D eigenvalue weighted by Gasteiger charge is -2.19. The third kappa shape index (κ3) is 1.40. The molecule has 6 nitrogen and oxygen atoms in total. The third-order valence-corrected chi connectivity index (χ3v) is 3.78. The number of carbonyl (C=O) groups is 2. The minimum atomic E-state index is -0.918. The Morgan fingerprint density at radius 2 is 2.15 bits per heavy atom. The fraction of sp³-hybridized carbons (Fsp3) is 0.286. The normalized spacial score (nSPS) is 24.2. The van der Waals surface area contributed by atoms with Gasteiger partial charge in [0, 0.05) is 12.6 Å². The number of urea groups is 1. The second-order valence-electron chi connectivity index (χ2n) is 5.12. The van der Waals surface area contributed by atoms with E-state index < -0.39 is 11.6 Å². The molecule has 0 aromatic heterocycles. The molecule has 2 heterocycles. The molecule has 1 fully saturated rings. The van der Waals surface area contributed by atoms with Crippen molar-refractivity contribution in [1.82, 2.24) is 5.01 Å². The molecular formula is C14H12N4O2. The summed E-state index contributed by atoms with van der Waals surface area (Å²) >= 11 is 0. The SMILES string of the molecule is Cc1cc(N2C(=O)N3N=CCC3(C)C2=O)ccc1C#N. The molecule has 0 aliphatic carbocycles. The number of aryl methyl sites for hydroxylation is 1. The first-order valence-electron chi connectivity index (χ1n) is 6.21. The number of fused-ring (bicyclic) bond motifs is 1. The Morgan fingerprint density at radius 1 is 1.40 bits per heavy atom. The number of carbonyl (C=O) groups excluding carboxylic acids is 2. The Bertz CT molecular complexity index is 704. The van der Waals surface area contributed by atoms with Crippen LogP contribution in [-0.2, 0) is 4.79 Å². The highest BCUT2D eigenvalue weighted by Crippen LogP contribution is 2.37. The van der Waals surface area contributed by atoms with Gasteiger partial charge in [0.25, 0.3) is 5.91 Å². The average molecular weight is 268 g/mol. The molecule has 3 rings (SSSR count). The maximum Gasteiger partial charge on any atom is 0.352 e. The number of nitriles is 1. The monoisotopic (exact) mass is 268 g/mol. The van der Waals surface area contributed by atoms with E-state index in [4.69, 9.17) is 5.26 Å². The number of rotatable bonds is 1. The van der Waals surface area contributed by atoms with Gasteiger partial charge in [-0.05, 0) is 37.6 Å². The van der Waals surface area contributed by atoms with Crippen LogP contribution in [0.5, 0.6) is 0 Å². The molecule has 1 aromatic carbocycles. The van der Waals surface area contributed by atoms with E-state index in [2.05, 4.69) is 11.2 Å². The van der Waals surface area contributed by atoms with Crippen LogP contribution in [0.4, 0.5) is 10.5 Å². The van der Waals surface area contributed by atoms with Crippen LogP contribution in [-0.4, -0.2) is 28.7 Å². The van der Waals surface area contributed by atoms with Gasteiger partial charge < -0.3 is 0 Å². The van der Waals surface area contributed by atoms with Crippen LogP contribution in [0.25, 0.3) is 0 Å². The van der Waals surface area contributed by atoms with Gasteiger partial charge in [0.1, 0.15) is 5.54 Å². The minimum absolute atomic E-state index is 0.288. The van der Waals surface area contributed by atoms with Crippen LogP contribution in [0.2, 0.25) is 0 Å². The standard InChI is InChI=1S/C14H12N4O2/c1-9-7-11(4-3-10(9)8-15)17-12(19)14(2)5-6-16-18(14)13(17)20/h3-4,6-7H,5H2,1-2H3. The summed E-state index contributed by atoms with van der Waals surface area (Å²) < 4.78 is 0. The Balaban J connectivity index is 2.06. The number of anilines is 1. The van der Waals surface area contributed by atoms with Gasteiger partial charge in [-0.15, -0.1) is 0 Å². The Hall–Kier alpha value is -2.68. The van der Waals surface area contributed by atoms with Crippen molar-refractivity contribution < 1.29 is 9.59 Å². The zero-order valence-electron chi connectivity index (χ0n) is 11.1. The molecule has 1 atom stereocenters. The summed E-state index contributed by atoms with van der Waals surface area (Å²) in [4.78, 5) is 26.0. The Labute approximate surface area is 115 Å². The summed E-state index contributed by atoms with van der Waals surface area (Å²) in [7, 11) is 0. The van der Waals surface area contributed by atoms with Crippen LogP contribution >= 0.6 is 0 Å². The largest absolute Gasteiger partial charge is 0.352 e. The maximum atomic E-state index is 12.5. The topological polar surface area (TPSA) is 76.8 Å². The molecule has 0 spiro atoms. The minimum Gasteiger partial charge on any atom is -0.271 e. The highest BCUT2D eigenvalue weighted by molar-refractivity contribution is 6.24. The lowest BCUT2D eigenvalue weighted by molar-refractivity contribution is -0.123. The summed E-state index contributed by atoms with van der Waals surface area (Å²) in [5.41, 5.74) is 0.810. The van der Waals surface area contributed by atoms with Crippen molar-refractivity contribution >= 4 is 23.8 Å². The fourth-order valence-corrected chi connectivity index (χ4v) is 2.52. The first kappa shape index (κ1) is 12.4. The first-order chi connectivity index (χ1) is 9.49. The van der Waals surface area contributed by atoms with Crippen molar-refractivity contribution in [2.75, 3.05) is 4.90 Å². The van der Waals surface area contributed by atoms with Crippen LogP contribution in [0.3, 0.4) is 0 Å². The van der Waals surface area contributed by atoms with E-state index in [1.807, 2.05) is 0 Å². The quantitative estimate of drug-likeness (QED) is 0.728. The number of hydrogen-bond acceptors (Lipinski definition) is 4. The number of nitrogens with zero attached hydrogens (tertiary/aromatic N) is 4. The molecule has 2 aliphatic heterocycles. The van der Waals surface area contributed by atoms with E-state index in [0.29, 0.717) is 17.7 Å². The predicted molar refractivity (Wildman–Crippen MR) is 72.1 cm³/mol. The lowest BCUT2D eigenvalue weighted by atomic mass is 9.99. The van der Waals surface area contributed by atoms with Gasteiger partial charge in [-0.2, -0.15) is 15.4 Å². The van der Waals surface area contributed by atoms with E-state index >= 15 is 0 Å². The average Bonchev–Trinajstić information content (AvgIpc) is 2.89. The van der Waals surface area contributed by atoms with Crippen molar-refractivity contribution in [3.8, 4) is 6.07 Å². The molecule has 0 bridgehead atoms. The number of hydrazone groups is 1. The van der Waals surface area contributed by atoms with Gasteiger partial charge in [-0.25, -0.2) is 9.69 Å². The van der Waals surface area contributed by atoms with E-state index in [9.17, 15) is 9.59 Å². The Morgan fingerprint density at radius 3 is 2.75 bits per heavy atom. The molecule has 0 saturated carbocycles. The van der Waals surface area contributed by atoms with Gasteiger partial charge >= 0.3 is 6.03 Å². The highest BCUT2D eigenvalue weighted by Gasteiger charge is 2.57. The highest BCUT2D eigenvalue weighted by atomic mass is 16.2. The number of imide groups is 1. The van der Waals surface area contributed by atoms with E-state index in [1.165, 1.54) is 5.01 Å².